The number of amides is 1. The number of carbonyl (C=O) groups excluding carboxylic acids is 2. The standard InChI is InChI=1S/C11H20N2O3/c1-8(5-11(15)16-2)13-10(14)6-9-3-4-12-7-9/h8-9,12H,3-7H2,1-2H3,(H,13,14). The summed E-state index contributed by atoms with van der Waals surface area (Å²) >= 11 is 0. The molecule has 0 aromatic heterocycles. The number of nitrogens with one attached hydrogen (secondary N) is 2. The van der Waals surface area contributed by atoms with Crippen molar-refractivity contribution < 1.29 is 14.3 Å². The van der Waals surface area contributed by atoms with Gasteiger partial charge < -0.3 is 15.4 Å². The second-order valence-electron chi connectivity index (χ2n) is 4.31. The van der Waals surface area contributed by atoms with E-state index >= 15 is 0 Å². The lowest BCUT2D eigenvalue weighted by atomic mass is 10.0. The molecule has 5 heteroatoms. The molecule has 1 amide bonds. The predicted octanol–water partition coefficient (Wildman–Crippen LogP) is 0.0538. The van der Waals surface area contributed by atoms with Gasteiger partial charge in [-0.1, -0.05) is 0 Å². The molecule has 1 saturated heterocycles. The molecular weight excluding hydrogens is 208 g/mol. The zero-order valence-corrected chi connectivity index (χ0v) is 9.91. The first-order valence-corrected chi connectivity index (χ1v) is 5.68. The molecule has 2 atom stereocenters. The van der Waals surface area contributed by atoms with Crippen molar-refractivity contribution in [1.29, 1.82) is 0 Å². The highest BCUT2D eigenvalue weighted by molar-refractivity contribution is 5.77. The van der Waals surface area contributed by atoms with E-state index in [1.807, 2.05) is 6.92 Å². The number of ether oxygens (including phenoxy) is 1. The first kappa shape index (κ1) is 13.0. The van der Waals surface area contributed by atoms with Gasteiger partial charge in [-0.05, 0) is 32.4 Å². The molecule has 92 valence electrons. The Morgan fingerprint density at radius 2 is 2.31 bits per heavy atom. The van der Waals surface area contributed by atoms with E-state index < -0.39 is 0 Å². The molecule has 2 unspecified atom stereocenters. The molecule has 1 heterocycles. The zero-order chi connectivity index (χ0) is 12.0. The van der Waals surface area contributed by atoms with Gasteiger partial charge in [0.15, 0.2) is 0 Å². The van der Waals surface area contributed by atoms with Gasteiger partial charge in [-0.15, -0.1) is 0 Å². The van der Waals surface area contributed by atoms with Crippen LogP contribution in [-0.4, -0.2) is 38.1 Å². The van der Waals surface area contributed by atoms with Crippen LogP contribution in [-0.2, 0) is 14.3 Å². The summed E-state index contributed by atoms with van der Waals surface area (Å²) in [5, 5.41) is 6.02. The highest BCUT2D eigenvalue weighted by atomic mass is 16.5. The van der Waals surface area contributed by atoms with Crippen LogP contribution in [0.25, 0.3) is 0 Å². The maximum atomic E-state index is 11.6. The van der Waals surface area contributed by atoms with Crippen molar-refractivity contribution in [1.82, 2.24) is 10.6 Å². The van der Waals surface area contributed by atoms with Crippen molar-refractivity contribution in [3.8, 4) is 0 Å². The molecule has 0 bridgehead atoms. The number of hydrogen-bond acceptors (Lipinski definition) is 4. The monoisotopic (exact) mass is 228 g/mol. The lowest BCUT2D eigenvalue weighted by molar-refractivity contribution is -0.141. The molecule has 0 radical (unpaired) electrons. The summed E-state index contributed by atoms with van der Waals surface area (Å²) in [5.74, 6) is 0.158. The molecule has 0 aromatic rings. The highest BCUT2D eigenvalue weighted by Crippen LogP contribution is 2.11. The van der Waals surface area contributed by atoms with E-state index in [0.29, 0.717) is 12.3 Å². The van der Waals surface area contributed by atoms with Crippen LogP contribution in [0.1, 0.15) is 26.2 Å². The molecule has 0 aliphatic carbocycles. The van der Waals surface area contributed by atoms with Crippen LogP contribution in [0.4, 0.5) is 0 Å². The maximum absolute atomic E-state index is 11.6. The summed E-state index contributed by atoms with van der Waals surface area (Å²) in [6, 6.07) is -0.158. The Morgan fingerprint density at radius 1 is 1.56 bits per heavy atom. The number of methoxy groups -OCH3 is 1. The first-order valence-electron chi connectivity index (χ1n) is 5.68. The van der Waals surface area contributed by atoms with Crippen molar-refractivity contribution in [2.45, 2.75) is 32.2 Å². The van der Waals surface area contributed by atoms with Crippen LogP contribution < -0.4 is 10.6 Å². The minimum absolute atomic E-state index is 0.0186. The normalized spacial score (nSPS) is 21.5. The molecule has 5 nitrogen and oxygen atoms in total. The van der Waals surface area contributed by atoms with Gasteiger partial charge in [0.05, 0.1) is 13.5 Å². The fourth-order valence-electron chi connectivity index (χ4n) is 1.87. The van der Waals surface area contributed by atoms with Crippen LogP contribution in [0.5, 0.6) is 0 Å². The van der Waals surface area contributed by atoms with Crippen LogP contribution >= 0.6 is 0 Å². The van der Waals surface area contributed by atoms with Crippen LogP contribution in [0.2, 0.25) is 0 Å². The van der Waals surface area contributed by atoms with Crippen LogP contribution in [0, 0.1) is 5.92 Å². The first-order chi connectivity index (χ1) is 7.61. The van der Waals surface area contributed by atoms with E-state index in [4.69, 9.17) is 0 Å². The van der Waals surface area contributed by atoms with Crippen molar-refractivity contribution in [3.63, 3.8) is 0 Å². The number of hydrogen-bond donors (Lipinski definition) is 2. The Bertz CT molecular complexity index is 250. The third-order valence-electron chi connectivity index (χ3n) is 2.74. The second kappa shape index (κ2) is 6.48. The van der Waals surface area contributed by atoms with Gasteiger partial charge in [0.2, 0.25) is 5.91 Å². The van der Waals surface area contributed by atoms with Crippen molar-refractivity contribution >= 4 is 11.9 Å². The topological polar surface area (TPSA) is 67.4 Å². The van der Waals surface area contributed by atoms with Crippen LogP contribution in [0.15, 0.2) is 0 Å². The molecular formula is C11H20N2O3. The molecule has 1 fully saturated rings. The van der Waals surface area contributed by atoms with Gasteiger partial charge >= 0.3 is 5.97 Å². The van der Waals surface area contributed by atoms with Gasteiger partial charge in [-0.25, -0.2) is 0 Å². The summed E-state index contributed by atoms with van der Waals surface area (Å²) in [6.45, 7) is 3.72. The average Bonchev–Trinajstić information content (AvgIpc) is 2.69. The Labute approximate surface area is 95.9 Å². The zero-order valence-electron chi connectivity index (χ0n) is 9.91. The molecule has 2 N–H and O–H groups in total. The maximum Gasteiger partial charge on any atom is 0.307 e. The number of esters is 1. The summed E-state index contributed by atoms with van der Waals surface area (Å²) < 4.78 is 4.54. The Hall–Kier alpha value is -1.10. The Morgan fingerprint density at radius 3 is 2.88 bits per heavy atom. The molecule has 16 heavy (non-hydrogen) atoms. The Balaban J connectivity index is 2.19. The predicted molar refractivity (Wildman–Crippen MR) is 59.8 cm³/mol. The fourth-order valence-corrected chi connectivity index (χ4v) is 1.87. The van der Waals surface area contributed by atoms with Crippen molar-refractivity contribution in [2.75, 3.05) is 20.2 Å². The lowest BCUT2D eigenvalue weighted by Crippen LogP contribution is -2.35. The average molecular weight is 228 g/mol. The number of rotatable bonds is 5. The van der Waals surface area contributed by atoms with E-state index in [9.17, 15) is 9.59 Å². The van der Waals surface area contributed by atoms with E-state index in [-0.39, 0.29) is 24.3 Å². The molecule has 1 aliphatic heterocycles. The fraction of sp³-hybridized carbons (Fsp3) is 0.818. The second-order valence-corrected chi connectivity index (χ2v) is 4.31. The van der Waals surface area contributed by atoms with E-state index in [1.54, 1.807) is 0 Å². The third-order valence-corrected chi connectivity index (χ3v) is 2.74. The van der Waals surface area contributed by atoms with Gasteiger partial charge in [0.25, 0.3) is 0 Å². The molecule has 0 aromatic carbocycles. The van der Waals surface area contributed by atoms with Crippen molar-refractivity contribution in [2.24, 2.45) is 5.92 Å². The Kier molecular flexibility index (Phi) is 5.25. The summed E-state index contributed by atoms with van der Waals surface area (Å²) in [7, 11) is 1.35. The van der Waals surface area contributed by atoms with Gasteiger partial charge in [0, 0.05) is 12.5 Å². The van der Waals surface area contributed by atoms with E-state index in [0.717, 1.165) is 19.5 Å². The molecule has 0 spiro atoms. The summed E-state index contributed by atoms with van der Waals surface area (Å²) in [4.78, 5) is 22.6. The van der Waals surface area contributed by atoms with Gasteiger partial charge in [-0.2, -0.15) is 0 Å². The molecule has 1 rings (SSSR count). The van der Waals surface area contributed by atoms with Crippen LogP contribution in [0.3, 0.4) is 0 Å². The summed E-state index contributed by atoms with van der Waals surface area (Å²) in [6.07, 6.45) is 1.82. The smallest absolute Gasteiger partial charge is 0.307 e. The largest absolute Gasteiger partial charge is 0.469 e. The quantitative estimate of drug-likeness (QED) is 0.653. The van der Waals surface area contributed by atoms with Gasteiger partial charge in [0.1, 0.15) is 0 Å². The molecule has 0 saturated carbocycles. The minimum Gasteiger partial charge on any atom is -0.469 e. The highest BCUT2D eigenvalue weighted by Gasteiger charge is 2.19. The van der Waals surface area contributed by atoms with E-state index in [1.165, 1.54) is 7.11 Å². The molecule has 1 aliphatic rings. The van der Waals surface area contributed by atoms with Crippen molar-refractivity contribution in [3.05, 3.63) is 0 Å². The minimum atomic E-state index is -0.296. The third kappa shape index (κ3) is 4.61. The SMILES string of the molecule is COC(=O)CC(C)NC(=O)CC1CCNC1. The number of carbonyl (C=O) groups is 2. The van der Waals surface area contributed by atoms with E-state index in [2.05, 4.69) is 15.4 Å². The van der Waals surface area contributed by atoms with Gasteiger partial charge in [-0.3, -0.25) is 9.59 Å². The summed E-state index contributed by atoms with van der Waals surface area (Å²) in [5.41, 5.74) is 0. The lowest BCUT2D eigenvalue weighted by Gasteiger charge is -2.14.